The Kier molecular flexibility index (Phi) is 3.99. The summed E-state index contributed by atoms with van der Waals surface area (Å²) >= 11 is 0. The van der Waals surface area contributed by atoms with Gasteiger partial charge < -0.3 is 10.1 Å². The summed E-state index contributed by atoms with van der Waals surface area (Å²) in [7, 11) is 1.65. The van der Waals surface area contributed by atoms with Crippen LogP contribution in [-0.4, -0.2) is 22.8 Å². The second kappa shape index (κ2) is 6.33. The maximum Gasteiger partial charge on any atom is 0.226 e. The Bertz CT molecular complexity index is 991. The predicted octanol–water partition coefficient (Wildman–Crippen LogP) is 3.97. The van der Waals surface area contributed by atoms with Crippen LogP contribution in [0.3, 0.4) is 0 Å². The molecule has 5 nitrogen and oxygen atoms in total. The Balaban J connectivity index is 1.87. The number of hydrogen-bond donors (Lipinski definition) is 1. The smallest absolute Gasteiger partial charge is 0.226 e. The van der Waals surface area contributed by atoms with E-state index < -0.39 is 0 Å². The number of ether oxygens (including phenoxy) is 1. The zero-order chi connectivity index (χ0) is 18.3. The molecule has 2 heterocycles. The molecule has 4 rings (SSSR count). The number of anilines is 1. The molecule has 26 heavy (non-hydrogen) atoms. The third-order valence-corrected chi connectivity index (χ3v) is 5.14. The molecule has 0 aliphatic carbocycles. The maximum atomic E-state index is 12.4. The van der Waals surface area contributed by atoms with Crippen LogP contribution in [0.2, 0.25) is 0 Å². The van der Waals surface area contributed by atoms with Crippen molar-refractivity contribution < 1.29 is 9.53 Å². The number of hydrogen-bond acceptors (Lipinski definition) is 3. The summed E-state index contributed by atoms with van der Waals surface area (Å²) in [5, 5.41) is 7.61. The highest BCUT2D eigenvalue weighted by atomic mass is 16.5. The number of methoxy groups -OCH3 is 1. The molecule has 5 heteroatoms. The third kappa shape index (κ3) is 2.56. The second-order valence-corrected chi connectivity index (χ2v) is 6.63. The number of nitrogens with one attached hydrogen (secondary N) is 1. The molecule has 1 unspecified atom stereocenters. The number of aromatic nitrogens is 2. The van der Waals surface area contributed by atoms with Crippen LogP contribution in [0.5, 0.6) is 5.75 Å². The molecule has 0 spiro atoms. The lowest BCUT2D eigenvalue weighted by Crippen LogP contribution is -2.25. The van der Waals surface area contributed by atoms with Crippen molar-refractivity contribution in [3.05, 3.63) is 70.9 Å². The van der Waals surface area contributed by atoms with Gasteiger partial charge in [-0.3, -0.25) is 4.79 Å². The first-order chi connectivity index (χ1) is 12.6. The van der Waals surface area contributed by atoms with Crippen LogP contribution in [0.25, 0.3) is 5.69 Å². The molecule has 1 aliphatic rings. The molecule has 1 amide bonds. The Morgan fingerprint density at radius 1 is 1.12 bits per heavy atom. The minimum atomic E-state index is -0.0752. The number of amides is 1. The minimum absolute atomic E-state index is 0.0135. The van der Waals surface area contributed by atoms with E-state index in [4.69, 9.17) is 4.74 Å². The minimum Gasteiger partial charge on any atom is -0.496 e. The number of nitrogens with zero attached hydrogens (tertiary/aromatic N) is 2. The average molecular weight is 347 g/mol. The van der Waals surface area contributed by atoms with Gasteiger partial charge in [0.05, 0.1) is 19.0 Å². The molecule has 0 fully saturated rings. The number of carbonyl (C=O) groups excluding carboxylic acids is 1. The molecule has 0 saturated heterocycles. The highest BCUT2D eigenvalue weighted by Crippen LogP contribution is 2.41. The van der Waals surface area contributed by atoms with Gasteiger partial charge in [-0.1, -0.05) is 30.3 Å². The molecule has 1 N–H and O–H groups in total. The number of benzene rings is 2. The monoisotopic (exact) mass is 347 g/mol. The van der Waals surface area contributed by atoms with Gasteiger partial charge in [-0.15, -0.1) is 0 Å². The largest absolute Gasteiger partial charge is 0.496 e. The van der Waals surface area contributed by atoms with E-state index in [-0.39, 0.29) is 11.8 Å². The van der Waals surface area contributed by atoms with Crippen LogP contribution < -0.4 is 10.1 Å². The van der Waals surface area contributed by atoms with Crippen LogP contribution >= 0.6 is 0 Å². The van der Waals surface area contributed by atoms with Crippen LogP contribution in [0, 0.1) is 13.8 Å². The first-order valence-electron chi connectivity index (χ1n) is 8.67. The summed E-state index contributed by atoms with van der Waals surface area (Å²) in [6, 6.07) is 14.0. The number of rotatable bonds is 3. The molecule has 1 aromatic heterocycles. The standard InChI is InChI=1S/C21H21N3O2/c1-13-7-6-9-18(14(13)2)24-21-17(12-22-24)16(11-20(25)23-21)15-8-4-5-10-19(15)26-3/h4-10,12,16H,11H2,1-3H3,(H,23,25). The molecule has 132 valence electrons. The molecule has 0 saturated carbocycles. The van der Waals surface area contributed by atoms with Crippen molar-refractivity contribution in [2.45, 2.75) is 26.2 Å². The molecular weight excluding hydrogens is 326 g/mol. The van der Waals surface area contributed by atoms with E-state index in [0.717, 1.165) is 33.9 Å². The highest BCUT2D eigenvalue weighted by molar-refractivity contribution is 5.94. The molecule has 0 radical (unpaired) electrons. The zero-order valence-corrected chi connectivity index (χ0v) is 15.1. The lowest BCUT2D eigenvalue weighted by molar-refractivity contribution is -0.116. The highest BCUT2D eigenvalue weighted by Gasteiger charge is 2.32. The van der Waals surface area contributed by atoms with Gasteiger partial charge in [-0.05, 0) is 37.1 Å². The van der Waals surface area contributed by atoms with Crippen molar-refractivity contribution in [3.63, 3.8) is 0 Å². The van der Waals surface area contributed by atoms with Crippen molar-refractivity contribution in [1.82, 2.24) is 9.78 Å². The summed E-state index contributed by atoms with van der Waals surface area (Å²) in [5.74, 6) is 1.44. The Hall–Kier alpha value is -3.08. The normalized spacial score (nSPS) is 16.1. The molecule has 1 aliphatic heterocycles. The average Bonchev–Trinajstić information content (AvgIpc) is 3.07. The fraction of sp³-hybridized carbons (Fsp3) is 0.238. The SMILES string of the molecule is COc1ccccc1C1CC(=O)Nc2c1cnn2-c1cccc(C)c1C. The summed E-state index contributed by atoms with van der Waals surface area (Å²) in [6.07, 6.45) is 2.24. The lowest BCUT2D eigenvalue weighted by atomic mass is 9.87. The molecule has 0 bridgehead atoms. The predicted molar refractivity (Wildman–Crippen MR) is 101 cm³/mol. The fourth-order valence-electron chi connectivity index (χ4n) is 3.60. The van der Waals surface area contributed by atoms with Gasteiger partial charge in [-0.2, -0.15) is 5.10 Å². The first kappa shape index (κ1) is 16.4. The van der Waals surface area contributed by atoms with Crippen molar-refractivity contribution >= 4 is 11.7 Å². The quantitative estimate of drug-likeness (QED) is 0.780. The van der Waals surface area contributed by atoms with Gasteiger partial charge in [0.25, 0.3) is 0 Å². The van der Waals surface area contributed by atoms with E-state index in [1.54, 1.807) is 7.11 Å². The number of fused-ring (bicyclic) bond motifs is 1. The summed E-state index contributed by atoms with van der Waals surface area (Å²) in [4.78, 5) is 12.4. The number of aryl methyl sites for hydroxylation is 1. The zero-order valence-electron chi connectivity index (χ0n) is 15.1. The second-order valence-electron chi connectivity index (χ2n) is 6.63. The van der Waals surface area contributed by atoms with Crippen molar-refractivity contribution in [2.24, 2.45) is 0 Å². The van der Waals surface area contributed by atoms with E-state index in [1.807, 2.05) is 47.3 Å². The first-order valence-corrected chi connectivity index (χ1v) is 8.67. The van der Waals surface area contributed by atoms with E-state index in [9.17, 15) is 4.79 Å². The summed E-state index contributed by atoms with van der Waals surface area (Å²) < 4.78 is 7.35. The molecular formula is C21H21N3O2. The number of carbonyl (C=O) groups is 1. The van der Waals surface area contributed by atoms with Gasteiger partial charge in [0.1, 0.15) is 11.6 Å². The lowest BCUT2D eigenvalue weighted by Gasteiger charge is -2.25. The van der Waals surface area contributed by atoms with Crippen LogP contribution in [0.1, 0.15) is 34.6 Å². The van der Waals surface area contributed by atoms with Crippen molar-refractivity contribution in [2.75, 3.05) is 12.4 Å². The molecule has 1 atom stereocenters. The fourth-order valence-corrected chi connectivity index (χ4v) is 3.60. The van der Waals surface area contributed by atoms with E-state index in [0.29, 0.717) is 6.42 Å². The van der Waals surface area contributed by atoms with E-state index >= 15 is 0 Å². The Labute approximate surface area is 152 Å². The van der Waals surface area contributed by atoms with Gasteiger partial charge in [-0.25, -0.2) is 4.68 Å². The summed E-state index contributed by atoms with van der Waals surface area (Å²) in [5.41, 5.74) is 5.33. The van der Waals surface area contributed by atoms with Gasteiger partial charge in [0.15, 0.2) is 0 Å². The Morgan fingerprint density at radius 2 is 1.92 bits per heavy atom. The van der Waals surface area contributed by atoms with Gasteiger partial charge >= 0.3 is 0 Å². The molecule has 3 aromatic rings. The third-order valence-electron chi connectivity index (χ3n) is 5.14. The Morgan fingerprint density at radius 3 is 2.73 bits per heavy atom. The molecule has 2 aromatic carbocycles. The number of para-hydroxylation sites is 1. The van der Waals surface area contributed by atoms with Crippen LogP contribution in [0.15, 0.2) is 48.7 Å². The van der Waals surface area contributed by atoms with Crippen molar-refractivity contribution in [3.8, 4) is 11.4 Å². The topological polar surface area (TPSA) is 56.1 Å². The van der Waals surface area contributed by atoms with Gasteiger partial charge in [0, 0.05) is 23.5 Å². The van der Waals surface area contributed by atoms with Crippen LogP contribution in [0.4, 0.5) is 5.82 Å². The van der Waals surface area contributed by atoms with E-state index in [1.165, 1.54) is 5.56 Å². The van der Waals surface area contributed by atoms with Gasteiger partial charge in [0.2, 0.25) is 5.91 Å². The maximum absolute atomic E-state index is 12.4. The van der Waals surface area contributed by atoms with Crippen molar-refractivity contribution in [1.29, 1.82) is 0 Å². The van der Waals surface area contributed by atoms with Crippen LogP contribution in [-0.2, 0) is 4.79 Å². The van der Waals surface area contributed by atoms with E-state index in [2.05, 4.69) is 30.3 Å². The summed E-state index contributed by atoms with van der Waals surface area (Å²) in [6.45, 7) is 4.14.